The second kappa shape index (κ2) is 6.11. The van der Waals surface area contributed by atoms with E-state index in [1.165, 1.54) is 18.2 Å². The van der Waals surface area contributed by atoms with Crippen LogP contribution in [0, 0.1) is 5.82 Å². The first-order valence-electron chi connectivity index (χ1n) is 6.86. The average Bonchev–Trinajstić information content (AvgIpc) is 2.35. The highest BCUT2D eigenvalue weighted by molar-refractivity contribution is 5.82. The molecular weight excluding hydrogens is 277 g/mol. The Bertz CT molecular complexity index is 542. The van der Waals surface area contributed by atoms with E-state index in [1.807, 2.05) is 0 Å². The highest BCUT2D eigenvalue weighted by Crippen LogP contribution is 2.35. The molecule has 1 fully saturated rings. The number of carbonyl (C=O) groups is 2. The molecule has 1 saturated carbocycles. The molecule has 5 nitrogen and oxygen atoms in total. The maximum Gasteiger partial charge on any atom is 0.305 e. The average molecular weight is 295 g/mol. The Morgan fingerprint density at radius 2 is 2.19 bits per heavy atom. The van der Waals surface area contributed by atoms with Crippen molar-refractivity contribution < 1.29 is 23.8 Å². The van der Waals surface area contributed by atoms with Crippen LogP contribution in [0.15, 0.2) is 24.3 Å². The number of amides is 1. The Labute approximate surface area is 122 Å². The number of carboxylic acids is 1. The van der Waals surface area contributed by atoms with Crippen LogP contribution in [-0.2, 0) is 9.59 Å². The summed E-state index contributed by atoms with van der Waals surface area (Å²) in [4.78, 5) is 23.0. The van der Waals surface area contributed by atoms with Crippen molar-refractivity contribution in [1.82, 2.24) is 5.32 Å². The van der Waals surface area contributed by atoms with E-state index in [2.05, 4.69) is 5.32 Å². The van der Waals surface area contributed by atoms with Crippen LogP contribution < -0.4 is 10.1 Å². The minimum absolute atomic E-state index is 0.0918. The topological polar surface area (TPSA) is 75.6 Å². The maximum absolute atomic E-state index is 13.1. The molecule has 0 heterocycles. The fourth-order valence-corrected chi connectivity index (χ4v) is 2.40. The van der Waals surface area contributed by atoms with Crippen molar-refractivity contribution in [2.45, 2.75) is 44.2 Å². The Balaban J connectivity index is 1.94. The van der Waals surface area contributed by atoms with E-state index in [4.69, 9.17) is 9.84 Å². The van der Waals surface area contributed by atoms with E-state index in [1.54, 1.807) is 13.0 Å². The molecule has 1 amide bonds. The summed E-state index contributed by atoms with van der Waals surface area (Å²) >= 11 is 0. The summed E-state index contributed by atoms with van der Waals surface area (Å²) in [5.41, 5.74) is -0.664. The van der Waals surface area contributed by atoms with E-state index >= 15 is 0 Å². The standard InChI is InChI=1S/C15H18FNO4/c1-10(21-12-5-2-4-11(16)8-12)14(20)17-15(6-3-7-15)9-13(18)19/h2,4-5,8,10H,3,6-7,9H2,1H3,(H,17,20)(H,18,19). The lowest BCUT2D eigenvalue weighted by Gasteiger charge is -2.42. The molecule has 1 atom stereocenters. The third-order valence-corrected chi connectivity index (χ3v) is 3.67. The lowest BCUT2D eigenvalue weighted by Crippen LogP contribution is -2.57. The number of hydrogen-bond acceptors (Lipinski definition) is 3. The van der Waals surface area contributed by atoms with E-state index in [0.29, 0.717) is 12.8 Å². The van der Waals surface area contributed by atoms with E-state index in [9.17, 15) is 14.0 Å². The quantitative estimate of drug-likeness (QED) is 0.842. The van der Waals surface area contributed by atoms with Crippen molar-refractivity contribution in [3.05, 3.63) is 30.1 Å². The summed E-state index contributed by atoms with van der Waals surface area (Å²) in [6.07, 6.45) is 1.28. The molecule has 1 aliphatic carbocycles. The molecule has 2 N–H and O–H groups in total. The van der Waals surface area contributed by atoms with E-state index in [0.717, 1.165) is 6.42 Å². The molecule has 1 aliphatic rings. The largest absolute Gasteiger partial charge is 0.481 e. The Morgan fingerprint density at radius 3 is 2.71 bits per heavy atom. The number of rotatable bonds is 6. The monoisotopic (exact) mass is 295 g/mol. The highest BCUT2D eigenvalue weighted by Gasteiger charge is 2.41. The van der Waals surface area contributed by atoms with Crippen molar-refractivity contribution >= 4 is 11.9 Å². The fraction of sp³-hybridized carbons (Fsp3) is 0.467. The van der Waals surface area contributed by atoms with Crippen molar-refractivity contribution in [2.75, 3.05) is 0 Å². The fourth-order valence-electron chi connectivity index (χ4n) is 2.40. The SMILES string of the molecule is CC(Oc1cccc(F)c1)C(=O)NC1(CC(=O)O)CCC1. The predicted octanol–water partition coefficient (Wildman–Crippen LogP) is 2.11. The molecule has 1 aromatic rings. The van der Waals surface area contributed by atoms with Gasteiger partial charge < -0.3 is 15.2 Å². The molecule has 6 heteroatoms. The number of benzene rings is 1. The Morgan fingerprint density at radius 1 is 1.48 bits per heavy atom. The second-order valence-electron chi connectivity index (χ2n) is 5.41. The van der Waals surface area contributed by atoms with Gasteiger partial charge in [0, 0.05) is 6.07 Å². The predicted molar refractivity (Wildman–Crippen MR) is 73.5 cm³/mol. The molecule has 114 valence electrons. The van der Waals surface area contributed by atoms with Crippen LogP contribution >= 0.6 is 0 Å². The Kier molecular flexibility index (Phi) is 4.45. The molecule has 1 unspecified atom stereocenters. The molecule has 0 saturated heterocycles. The summed E-state index contributed by atoms with van der Waals surface area (Å²) in [7, 11) is 0. The van der Waals surface area contributed by atoms with Crippen molar-refractivity contribution in [3.63, 3.8) is 0 Å². The van der Waals surface area contributed by atoms with Gasteiger partial charge in [-0.05, 0) is 38.3 Å². The summed E-state index contributed by atoms with van der Waals surface area (Å²) in [5.74, 6) is -1.51. The van der Waals surface area contributed by atoms with Gasteiger partial charge in [-0.25, -0.2) is 4.39 Å². The molecule has 2 rings (SSSR count). The van der Waals surface area contributed by atoms with Crippen LogP contribution in [0.5, 0.6) is 5.75 Å². The van der Waals surface area contributed by atoms with E-state index < -0.39 is 23.4 Å². The number of hydrogen-bond donors (Lipinski definition) is 2. The molecule has 0 radical (unpaired) electrons. The first-order chi connectivity index (χ1) is 9.90. The summed E-state index contributed by atoms with van der Waals surface area (Å²) < 4.78 is 18.4. The van der Waals surface area contributed by atoms with Crippen molar-refractivity contribution in [2.24, 2.45) is 0 Å². The van der Waals surface area contributed by atoms with Crippen LogP contribution in [0.2, 0.25) is 0 Å². The smallest absolute Gasteiger partial charge is 0.305 e. The van der Waals surface area contributed by atoms with Gasteiger partial charge in [-0.15, -0.1) is 0 Å². The van der Waals surface area contributed by atoms with Gasteiger partial charge in [0.1, 0.15) is 11.6 Å². The van der Waals surface area contributed by atoms with Gasteiger partial charge >= 0.3 is 5.97 Å². The van der Waals surface area contributed by atoms with Gasteiger partial charge in [0.15, 0.2) is 6.10 Å². The Hall–Kier alpha value is -2.11. The van der Waals surface area contributed by atoms with Crippen LogP contribution in [0.25, 0.3) is 0 Å². The third-order valence-electron chi connectivity index (χ3n) is 3.67. The van der Waals surface area contributed by atoms with Gasteiger partial charge in [0.2, 0.25) is 0 Å². The molecule has 0 aromatic heterocycles. The normalized spacial score (nSPS) is 17.4. The molecule has 0 bridgehead atoms. The number of carboxylic acid groups (broad SMARTS) is 1. The van der Waals surface area contributed by atoms with Gasteiger partial charge in [-0.3, -0.25) is 9.59 Å². The van der Waals surface area contributed by atoms with Crippen LogP contribution in [0.3, 0.4) is 0 Å². The lowest BCUT2D eigenvalue weighted by molar-refractivity contribution is -0.141. The van der Waals surface area contributed by atoms with Gasteiger partial charge in [0.05, 0.1) is 12.0 Å². The highest BCUT2D eigenvalue weighted by atomic mass is 19.1. The molecule has 0 spiro atoms. The summed E-state index contributed by atoms with van der Waals surface area (Å²) in [6.45, 7) is 1.55. The number of aliphatic carboxylic acids is 1. The van der Waals surface area contributed by atoms with Crippen LogP contribution in [0.4, 0.5) is 4.39 Å². The van der Waals surface area contributed by atoms with Gasteiger partial charge in [-0.1, -0.05) is 6.07 Å². The number of carbonyl (C=O) groups excluding carboxylic acids is 1. The summed E-state index contributed by atoms with van der Waals surface area (Å²) in [5, 5.41) is 11.7. The molecule has 1 aromatic carbocycles. The van der Waals surface area contributed by atoms with Gasteiger partial charge in [0.25, 0.3) is 5.91 Å². The van der Waals surface area contributed by atoms with E-state index in [-0.39, 0.29) is 18.1 Å². The minimum Gasteiger partial charge on any atom is -0.481 e. The third kappa shape index (κ3) is 3.93. The zero-order valence-electron chi connectivity index (χ0n) is 11.8. The first-order valence-corrected chi connectivity index (χ1v) is 6.86. The van der Waals surface area contributed by atoms with Crippen molar-refractivity contribution in [1.29, 1.82) is 0 Å². The van der Waals surface area contributed by atoms with Crippen molar-refractivity contribution in [3.8, 4) is 5.75 Å². The van der Waals surface area contributed by atoms with Crippen LogP contribution in [-0.4, -0.2) is 28.6 Å². The summed E-state index contributed by atoms with van der Waals surface area (Å²) in [6, 6.07) is 5.53. The minimum atomic E-state index is -0.936. The van der Waals surface area contributed by atoms with Crippen LogP contribution in [0.1, 0.15) is 32.6 Å². The number of nitrogens with one attached hydrogen (secondary N) is 1. The number of halogens is 1. The molecular formula is C15H18FNO4. The second-order valence-corrected chi connectivity index (χ2v) is 5.41. The zero-order valence-corrected chi connectivity index (χ0v) is 11.8. The van der Waals surface area contributed by atoms with Gasteiger partial charge in [-0.2, -0.15) is 0 Å². The molecule has 21 heavy (non-hydrogen) atoms. The maximum atomic E-state index is 13.1. The molecule has 0 aliphatic heterocycles. The zero-order chi connectivity index (χ0) is 15.5. The number of ether oxygens (including phenoxy) is 1. The first kappa shape index (κ1) is 15.3. The lowest BCUT2D eigenvalue weighted by atomic mass is 9.74.